The van der Waals surface area contributed by atoms with Crippen LogP contribution >= 0.6 is 0 Å². The Morgan fingerprint density at radius 1 is 0.885 bits per heavy atom. The van der Waals surface area contributed by atoms with Crippen molar-refractivity contribution in [1.29, 1.82) is 0 Å². The number of phenolic OH excluding ortho intramolecular Hbond substituents is 2. The van der Waals surface area contributed by atoms with Crippen LogP contribution in [0.1, 0.15) is 34.4 Å². The molecule has 5 N–H and O–H groups in total. The van der Waals surface area contributed by atoms with Crippen molar-refractivity contribution in [2.24, 2.45) is 5.92 Å². The molecule has 1 aliphatic rings. The standard InChI is InChI=1S/C42H40N4O6/c47-36-19-16-29(24-38(36)49)18-21-40(51)46(35(26-34-27-43-28-45-34)41(52)44-23-22-30-17-20-37(48)39(50)25-30)42(31-10-4-1-5-11-31,32-12-6-2-7-13-32)33-14-8-3-9-15-33/h1-21,25,27-29,35-36,47-48,50H,22-24,26H2,(H,43,45)(H,44,52)/t29?,35-,36?/m0/s1. The highest BCUT2D eigenvalue weighted by atomic mass is 16.3. The molecule has 6 rings (SSSR count). The Bertz CT molecular complexity index is 1930. The molecule has 52 heavy (non-hydrogen) atoms. The number of benzene rings is 4. The van der Waals surface area contributed by atoms with Crippen LogP contribution in [0.15, 0.2) is 146 Å². The van der Waals surface area contributed by atoms with Crippen molar-refractivity contribution in [3.63, 3.8) is 0 Å². The SMILES string of the molecule is O=C1CC(C=CC(=O)N([C@@H](Cc2cnc[nH]2)C(=O)NCCc2ccc(O)c(O)c2)C(c2ccccc2)(c2ccccc2)c2ccccc2)C=CC1O. The molecule has 10 heteroatoms. The summed E-state index contributed by atoms with van der Waals surface area (Å²) in [4.78, 5) is 51.2. The van der Waals surface area contributed by atoms with E-state index in [0.29, 0.717) is 17.7 Å². The number of hydrogen-bond acceptors (Lipinski definition) is 7. The van der Waals surface area contributed by atoms with Crippen LogP contribution < -0.4 is 5.32 Å². The van der Waals surface area contributed by atoms with Crippen LogP contribution in [0.5, 0.6) is 11.5 Å². The predicted octanol–water partition coefficient (Wildman–Crippen LogP) is 4.97. The van der Waals surface area contributed by atoms with Gasteiger partial charge in [0.25, 0.3) is 0 Å². The summed E-state index contributed by atoms with van der Waals surface area (Å²) in [6.45, 7) is 0.173. The number of carbonyl (C=O) groups excluding carboxylic acids is 3. The number of nitrogens with zero attached hydrogens (tertiary/aromatic N) is 2. The van der Waals surface area contributed by atoms with Gasteiger partial charge in [0.2, 0.25) is 11.8 Å². The second kappa shape index (κ2) is 16.2. The third-order valence-electron chi connectivity index (χ3n) is 9.30. The van der Waals surface area contributed by atoms with Gasteiger partial charge in [0, 0.05) is 37.2 Å². The minimum Gasteiger partial charge on any atom is -0.504 e. The van der Waals surface area contributed by atoms with Crippen molar-refractivity contribution in [2.75, 3.05) is 6.54 Å². The second-order valence-corrected chi connectivity index (χ2v) is 12.7. The number of allylic oxidation sites excluding steroid dienone is 2. The maximum atomic E-state index is 15.2. The number of aromatic hydroxyl groups is 2. The summed E-state index contributed by atoms with van der Waals surface area (Å²) in [6, 6.07) is 32.1. The first kappa shape index (κ1) is 35.6. The largest absolute Gasteiger partial charge is 0.504 e. The fourth-order valence-corrected chi connectivity index (χ4v) is 6.78. The number of aliphatic hydroxyl groups is 1. The average Bonchev–Trinajstić information content (AvgIpc) is 3.69. The van der Waals surface area contributed by atoms with Crippen LogP contribution in [0.2, 0.25) is 0 Å². The molecule has 2 unspecified atom stereocenters. The number of hydrogen-bond donors (Lipinski definition) is 5. The molecular weight excluding hydrogens is 656 g/mol. The number of carbonyl (C=O) groups is 3. The van der Waals surface area contributed by atoms with E-state index in [-0.39, 0.29) is 36.7 Å². The van der Waals surface area contributed by atoms with Crippen LogP contribution in [0.3, 0.4) is 0 Å². The number of aliphatic hydroxyl groups excluding tert-OH is 1. The Morgan fingerprint density at radius 2 is 1.50 bits per heavy atom. The zero-order valence-electron chi connectivity index (χ0n) is 28.4. The van der Waals surface area contributed by atoms with E-state index in [9.17, 15) is 24.9 Å². The highest BCUT2D eigenvalue weighted by molar-refractivity contribution is 5.95. The Balaban J connectivity index is 1.52. The summed E-state index contributed by atoms with van der Waals surface area (Å²) in [5.74, 6) is -2.17. The Hall–Kier alpha value is -6.26. The van der Waals surface area contributed by atoms with E-state index in [4.69, 9.17) is 0 Å². The summed E-state index contributed by atoms with van der Waals surface area (Å²) < 4.78 is 0. The molecule has 0 saturated carbocycles. The second-order valence-electron chi connectivity index (χ2n) is 12.7. The third kappa shape index (κ3) is 7.72. The van der Waals surface area contributed by atoms with Crippen LogP contribution in [-0.2, 0) is 32.8 Å². The van der Waals surface area contributed by atoms with Gasteiger partial charge in [0.1, 0.15) is 17.7 Å². The maximum absolute atomic E-state index is 15.2. The molecule has 0 aliphatic heterocycles. The van der Waals surface area contributed by atoms with E-state index in [2.05, 4.69) is 15.3 Å². The number of aromatic nitrogens is 2. The lowest BCUT2D eigenvalue weighted by atomic mass is 9.74. The zero-order valence-corrected chi connectivity index (χ0v) is 28.4. The number of amides is 2. The van der Waals surface area contributed by atoms with E-state index in [1.165, 1.54) is 30.6 Å². The lowest BCUT2D eigenvalue weighted by Crippen LogP contribution is -2.60. The van der Waals surface area contributed by atoms with Crippen molar-refractivity contribution in [2.45, 2.75) is 36.9 Å². The van der Waals surface area contributed by atoms with Crippen LogP contribution in [-0.4, -0.2) is 66.5 Å². The highest BCUT2D eigenvalue weighted by Gasteiger charge is 2.49. The summed E-state index contributed by atoms with van der Waals surface area (Å²) in [6.07, 6.45) is 8.61. The molecule has 0 bridgehead atoms. The number of imidazole rings is 1. The van der Waals surface area contributed by atoms with Crippen molar-refractivity contribution in [1.82, 2.24) is 20.2 Å². The van der Waals surface area contributed by atoms with Gasteiger partial charge < -0.3 is 30.5 Å². The molecule has 0 radical (unpaired) electrons. The number of ketones is 1. The number of aromatic amines is 1. The molecule has 1 aromatic heterocycles. The molecule has 264 valence electrons. The van der Waals surface area contributed by atoms with E-state index in [1.807, 2.05) is 91.0 Å². The fourth-order valence-electron chi connectivity index (χ4n) is 6.78. The Kier molecular flexibility index (Phi) is 11.1. The van der Waals surface area contributed by atoms with Gasteiger partial charge in [-0.05, 0) is 46.9 Å². The monoisotopic (exact) mass is 696 g/mol. The van der Waals surface area contributed by atoms with Gasteiger partial charge in [0.05, 0.1) is 6.33 Å². The molecule has 2 amide bonds. The molecule has 3 atom stereocenters. The van der Waals surface area contributed by atoms with E-state index < -0.39 is 35.4 Å². The quantitative estimate of drug-likeness (QED) is 0.0504. The fraction of sp³-hybridized carbons (Fsp3) is 0.190. The maximum Gasteiger partial charge on any atom is 0.248 e. The summed E-state index contributed by atoms with van der Waals surface area (Å²) in [5.41, 5.74) is 2.21. The van der Waals surface area contributed by atoms with E-state index in [1.54, 1.807) is 29.3 Å². The van der Waals surface area contributed by atoms with E-state index >= 15 is 4.79 Å². The smallest absolute Gasteiger partial charge is 0.248 e. The molecule has 0 fully saturated rings. The van der Waals surface area contributed by atoms with Crippen molar-refractivity contribution in [3.8, 4) is 11.5 Å². The number of phenols is 2. The molecule has 4 aromatic carbocycles. The van der Waals surface area contributed by atoms with Gasteiger partial charge in [-0.15, -0.1) is 0 Å². The molecule has 10 nitrogen and oxygen atoms in total. The van der Waals surface area contributed by atoms with Gasteiger partial charge in [-0.25, -0.2) is 4.98 Å². The van der Waals surface area contributed by atoms with Crippen molar-refractivity contribution < 1.29 is 29.7 Å². The molecule has 1 aliphatic carbocycles. The molecule has 0 saturated heterocycles. The molecule has 5 aromatic rings. The number of nitrogens with one attached hydrogen (secondary N) is 2. The summed E-state index contributed by atoms with van der Waals surface area (Å²) in [5, 5.41) is 32.8. The molecular formula is C42H40N4O6. The van der Waals surface area contributed by atoms with Crippen LogP contribution in [0.25, 0.3) is 0 Å². The Morgan fingerprint density at radius 3 is 2.04 bits per heavy atom. The average molecular weight is 697 g/mol. The zero-order chi connectivity index (χ0) is 36.5. The summed E-state index contributed by atoms with van der Waals surface area (Å²) in [7, 11) is 0. The first-order valence-corrected chi connectivity index (χ1v) is 17.1. The first-order chi connectivity index (χ1) is 25.3. The van der Waals surface area contributed by atoms with Crippen molar-refractivity contribution >= 4 is 17.6 Å². The van der Waals surface area contributed by atoms with Gasteiger partial charge >= 0.3 is 0 Å². The lowest BCUT2D eigenvalue weighted by Gasteiger charge is -2.48. The number of H-pyrrole nitrogens is 1. The van der Waals surface area contributed by atoms with E-state index in [0.717, 1.165) is 16.7 Å². The van der Waals surface area contributed by atoms with Gasteiger partial charge in [-0.3, -0.25) is 14.4 Å². The number of Topliss-reactive ketones (excluding diaryl/α,β-unsaturated/α-hetero) is 1. The Labute approximate surface area is 301 Å². The lowest BCUT2D eigenvalue weighted by molar-refractivity contribution is -0.141. The van der Waals surface area contributed by atoms with Crippen molar-refractivity contribution in [3.05, 3.63) is 174 Å². The normalized spacial score (nSPS) is 16.4. The first-order valence-electron chi connectivity index (χ1n) is 17.1. The van der Waals surface area contributed by atoms with Gasteiger partial charge in [-0.1, -0.05) is 115 Å². The van der Waals surface area contributed by atoms with Gasteiger partial charge in [-0.2, -0.15) is 0 Å². The predicted molar refractivity (Wildman–Crippen MR) is 196 cm³/mol. The minimum absolute atomic E-state index is 0.0352. The van der Waals surface area contributed by atoms with Gasteiger partial charge in [0.15, 0.2) is 17.3 Å². The minimum atomic E-state index is -1.34. The molecule has 1 heterocycles. The topological polar surface area (TPSA) is 156 Å². The van der Waals surface area contributed by atoms with Crippen LogP contribution in [0.4, 0.5) is 0 Å². The molecule has 0 spiro atoms. The van der Waals surface area contributed by atoms with Crippen LogP contribution in [0, 0.1) is 5.92 Å². The summed E-state index contributed by atoms with van der Waals surface area (Å²) >= 11 is 0. The third-order valence-corrected chi connectivity index (χ3v) is 9.30. The highest BCUT2D eigenvalue weighted by Crippen LogP contribution is 2.44. The number of rotatable bonds is 13.